The highest BCUT2D eigenvalue weighted by Crippen LogP contribution is 2.68. The fraction of sp³-hybridized carbons (Fsp3) is 0.741. The molecule has 0 aromatic carbocycles. The average molecular weight is 505 g/mol. The second-order valence-electron chi connectivity index (χ2n) is 11.5. The lowest BCUT2D eigenvalue weighted by Crippen LogP contribution is -2.63. The SMILES string of the molecule is CC(=O)O[C@]1(C(=O)COC(=O)CCC(=O)O)CC[C@H]2[C@@H]3CCC4=CC(=O)CC[C@]4(C)[C@H]3[C@@H](O)C[C@@]21C. The lowest BCUT2D eigenvalue weighted by atomic mass is 9.45. The summed E-state index contributed by atoms with van der Waals surface area (Å²) in [5, 5.41) is 20.3. The van der Waals surface area contributed by atoms with Crippen LogP contribution in [0.25, 0.3) is 0 Å². The average Bonchev–Trinajstić information content (AvgIpc) is 3.08. The second-order valence-corrected chi connectivity index (χ2v) is 11.5. The van der Waals surface area contributed by atoms with E-state index in [1.807, 2.05) is 6.92 Å². The van der Waals surface area contributed by atoms with Gasteiger partial charge in [0.2, 0.25) is 5.78 Å². The van der Waals surface area contributed by atoms with E-state index < -0.39 is 53.8 Å². The maximum atomic E-state index is 13.6. The Bertz CT molecular complexity index is 1010. The molecule has 3 saturated carbocycles. The molecule has 4 aliphatic carbocycles. The summed E-state index contributed by atoms with van der Waals surface area (Å²) in [6.07, 6.45) is 4.10. The monoisotopic (exact) mass is 504 g/mol. The van der Waals surface area contributed by atoms with Crippen molar-refractivity contribution in [1.82, 2.24) is 0 Å². The molecule has 4 aliphatic rings. The molecule has 7 atom stereocenters. The first-order chi connectivity index (χ1) is 16.8. The number of Topliss-reactive ketones (excluding diaryl/α,β-unsaturated/α-hetero) is 1. The molecule has 0 aliphatic heterocycles. The van der Waals surface area contributed by atoms with Gasteiger partial charge in [-0.3, -0.25) is 24.0 Å². The Labute approximate surface area is 210 Å². The number of carbonyl (C=O) groups excluding carboxylic acids is 4. The molecule has 198 valence electrons. The van der Waals surface area contributed by atoms with E-state index in [-0.39, 0.29) is 48.2 Å². The second kappa shape index (κ2) is 9.39. The van der Waals surface area contributed by atoms with E-state index in [4.69, 9.17) is 14.6 Å². The fourth-order valence-corrected chi connectivity index (χ4v) is 8.15. The number of ether oxygens (including phenoxy) is 2. The number of aliphatic carboxylic acids is 1. The number of rotatable bonds is 7. The van der Waals surface area contributed by atoms with Crippen molar-refractivity contribution in [1.29, 1.82) is 0 Å². The summed E-state index contributed by atoms with van der Waals surface area (Å²) in [7, 11) is 0. The summed E-state index contributed by atoms with van der Waals surface area (Å²) < 4.78 is 10.9. The van der Waals surface area contributed by atoms with Gasteiger partial charge in [-0.1, -0.05) is 19.4 Å². The number of aliphatic hydroxyl groups is 1. The molecule has 0 aromatic rings. The maximum Gasteiger partial charge on any atom is 0.306 e. The van der Waals surface area contributed by atoms with Gasteiger partial charge in [0.05, 0.1) is 18.9 Å². The zero-order valence-corrected chi connectivity index (χ0v) is 21.2. The molecule has 4 rings (SSSR count). The molecule has 0 bridgehead atoms. The van der Waals surface area contributed by atoms with Crippen LogP contribution in [0.4, 0.5) is 0 Å². The number of aliphatic hydroxyl groups excluding tert-OH is 1. The van der Waals surface area contributed by atoms with Gasteiger partial charge < -0.3 is 19.7 Å². The van der Waals surface area contributed by atoms with Gasteiger partial charge >= 0.3 is 17.9 Å². The minimum absolute atomic E-state index is 0.00733. The van der Waals surface area contributed by atoms with Gasteiger partial charge in [0.25, 0.3) is 0 Å². The molecule has 9 nitrogen and oxygen atoms in total. The Morgan fingerprint density at radius 2 is 1.81 bits per heavy atom. The largest absolute Gasteiger partial charge is 0.481 e. The van der Waals surface area contributed by atoms with E-state index in [0.717, 1.165) is 18.4 Å². The summed E-state index contributed by atoms with van der Waals surface area (Å²) in [5.41, 5.74) is -1.57. The van der Waals surface area contributed by atoms with Crippen LogP contribution in [0.15, 0.2) is 11.6 Å². The highest BCUT2D eigenvalue weighted by Gasteiger charge is 2.70. The number of hydrogen-bond donors (Lipinski definition) is 2. The van der Waals surface area contributed by atoms with Crippen LogP contribution in [0, 0.1) is 28.6 Å². The van der Waals surface area contributed by atoms with Crippen molar-refractivity contribution in [3.05, 3.63) is 11.6 Å². The minimum atomic E-state index is -1.54. The van der Waals surface area contributed by atoms with Crippen LogP contribution in [0.5, 0.6) is 0 Å². The molecule has 9 heteroatoms. The van der Waals surface area contributed by atoms with Gasteiger partial charge in [-0.05, 0) is 67.8 Å². The standard InChI is InChI=1S/C27H36O9/c1-15(28)36-27(21(31)14-35-23(34)7-6-22(32)33)11-9-19-18-5-4-16-12-17(29)8-10-25(16,2)24(18)20(30)13-26(19,27)3/h12,18-20,24,30H,4-11,13-14H2,1-3H3,(H,32,33)/t18-,19-,20-,24+,25-,26-,27-/m0/s1. The van der Waals surface area contributed by atoms with Crippen LogP contribution in [-0.2, 0) is 33.4 Å². The predicted molar refractivity (Wildman–Crippen MR) is 125 cm³/mol. The number of carboxylic acid groups (broad SMARTS) is 1. The Hall–Kier alpha value is -2.55. The molecule has 36 heavy (non-hydrogen) atoms. The van der Waals surface area contributed by atoms with Gasteiger partial charge in [-0.25, -0.2) is 0 Å². The summed E-state index contributed by atoms with van der Waals surface area (Å²) in [5.74, 6) is -2.93. The Morgan fingerprint density at radius 3 is 2.47 bits per heavy atom. The van der Waals surface area contributed by atoms with Gasteiger partial charge in [-0.15, -0.1) is 0 Å². The highest BCUT2D eigenvalue weighted by atomic mass is 16.6. The van der Waals surface area contributed by atoms with Gasteiger partial charge in [0.15, 0.2) is 18.0 Å². The Kier molecular flexibility index (Phi) is 6.92. The van der Waals surface area contributed by atoms with E-state index in [9.17, 15) is 29.1 Å². The molecule has 0 saturated heterocycles. The van der Waals surface area contributed by atoms with Gasteiger partial charge in [-0.2, -0.15) is 0 Å². The summed E-state index contributed by atoms with van der Waals surface area (Å²) in [6, 6.07) is 0. The number of hydrogen-bond acceptors (Lipinski definition) is 8. The first-order valence-corrected chi connectivity index (χ1v) is 12.9. The van der Waals surface area contributed by atoms with E-state index in [2.05, 4.69) is 6.92 Å². The molecule has 0 amide bonds. The number of esters is 2. The molecule has 0 heterocycles. The van der Waals surface area contributed by atoms with Gasteiger partial charge in [0, 0.05) is 18.8 Å². The van der Waals surface area contributed by atoms with Crippen molar-refractivity contribution in [2.75, 3.05) is 6.61 Å². The van der Waals surface area contributed by atoms with Crippen LogP contribution in [-0.4, -0.2) is 58.0 Å². The Morgan fingerprint density at radius 1 is 1.08 bits per heavy atom. The fourth-order valence-electron chi connectivity index (χ4n) is 8.15. The van der Waals surface area contributed by atoms with E-state index in [1.165, 1.54) is 6.92 Å². The molecule has 0 spiro atoms. The first-order valence-electron chi connectivity index (χ1n) is 12.9. The quantitative estimate of drug-likeness (QED) is 0.500. The van der Waals surface area contributed by atoms with Crippen molar-refractivity contribution in [2.24, 2.45) is 28.6 Å². The van der Waals surface area contributed by atoms with Crippen molar-refractivity contribution in [3.8, 4) is 0 Å². The highest BCUT2D eigenvalue weighted by molar-refractivity contribution is 5.93. The zero-order valence-electron chi connectivity index (χ0n) is 21.2. The van der Waals surface area contributed by atoms with Gasteiger partial charge in [0.1, 0.15) is 0 Å². The number of ketones is 2. The topological polar surface area (TPSA) is 144 Å². The third-order valence-electron chi connectivity index (χ3n) is 9.69. The van der Waals surface area contributed by atoms with Crippen LogP contribution in [0.2, 0.25) is 0 Å². The number of fused-ring (bicyclic) bond motifs is 5. The maximum absolute atomic E-state index is 13.6. The molecule has 0 aromatic heterocycles. The number of carboxylic acids is 1. The van der Waals surface area contributed by atoms with Crippen molar-refractivity contribution in [3.63, 3.8) is 0 Å². The summed E-state index contributed by atoms with van der Waals surface area (Å²) in [4.78, 5) is 60.6. The smallest absolute Gasteiger partial charge is 0.306 e. The third-order valence-corrected chi connectivity index (χ3v) is 9.69. The van der Waals surface area contributed by atoms with Crippen molar-refractivity contribution in [2.45, 2.75) is 90.3 Å². The van der Waals surface area contributed by atoms with E-state index in [0.29, 0.717) is 19.3 Å². The molecule has 2 N–H and O–H groups in total. The molecule has 3 fully saturated rings. The molecular weight excluding hydrogens is 468 g/mol. The predicted octanol–water partition coefficient (Wildman–Crippen LogP) is 2.77. The zero-order chi connectivity index (χ0) is 26.5. The van der Waals surface area contributed by atoms with Crippen LogP contribution < -0.4 is 0 Å². The lowest BCUT2D eigenvalue weighted by molar-refractivity contribution is -0.201. The third kappa shape index (κ3) is 4.19. The Balaban J connectivity index is 1.62. The first kappa shape index (κ1) is 26.5. The van der Waals surface area contributed by atoms with Crippen LogP contribution in [0.3, 0.4) is 0 Å². The molecular formula is C27H36O9. The number of carbonyl (C=O) groups is 5. The summed E-state index contributed by atoms with van der Waals surface area (Å²) in [6.45, 7) is 4.66. The van der Waals surface area contributed by atoms with Crippen molar-refractivity contribution >= 4 is 29.5 Å². The van der Waals surface area contributed by atoms with Crippen LogP contribution >= 0.6 is 0 Å². The normalized spacial score (nSPS) is 39.2. The van der Waals surface area contributed by atoms with Crippen LogP contribution in [0.1, 0.15) is 78.6 Å². The van der Waals surface area contributed by atoms with E-state index in [1.54, 1.807) is 6.08 Å². The van der Waals surface area contributed by atoms with E-state index >= 15 is 0 Å². The van der Waals surface area contributed by atoms with Crippen molar-refractivity contribution < 1.29 is 43.7 Å². The minimum Gasteiger partial charge on any atom is -0.481 e. The molecule has 0 radical (unpaired) electrons. The lowest BCUT2D eigenvalue weighted by Gasteiger charge is -2.60. The number of allylic oxidation sites excluding steroid dienone is 1. The summed E-state index contributed by atoms with van der Waals surface area (Å²) >= 11 is 0. The molecule has 0 unspecified atom stereocenters.